The molecule has 0 saturated carbocycles. The van der Waals surface area contributed by atoms with Crippen LogP contribution in [0, 0.1) is 0 Å². The lowest BCUT2D eigenvalue weighted by molar-refractivity contribution is 0.0951. The quantitative estimate of drug-likeness (QED) is 0.761. The molecular weight excluding hydrogens is 338 g/mol. The lowest BCUT2D eigenvalue weighted by atomic mass is 10.2. The van der Waals surface area contributed by atoms with E-state index < -0.39 is 9.84 Å². The largest absolute Gasteiger partial charge is 0.348 e. The van der Waals surface area contributed by atoms with Gasteiger partial charge in [-0.25, -0.2) is 13.1 Å². The van der Waals surface area contributed by atoms with Gasteiger partial charge in [-0.3, -0.25) is 4.79 Å². The molecule has 25 heavy (non-hydrogen) atoms. The van der Waals surface area contributed by atoms with Crippen molar-refractivity contribution in [3.8, 4) is 5.69 Å². The van der Waals surface area contributed by atoms with Crippen LogP contribution in [0.15, 0.2) is 71.9 Å². The van der Waals surface area contributed by atoms with E-state index in [1.54, 1.807) is 10.9 Å². The molecule has 0 fully saturated rings. The first-order valence-corrected chi connectivity index (χ1v) is 9.50. The van der Waals surface area contributed by atoms with Crippen LogP contribution in [0.4, 0.5) is 0 Å². The van der Waals surface area contributed by atoms with Crippen LogP contribution in [-0.4, -0.2) is 30.4 Å². The molecule has 3 rings (SSSR count). The molecule has 2 aromatic carbocycles. The third-order valence-corrected chi connectivity index (χ3v) is 4.78. The standard InChI is InChI=1S/C18H17N3O3S/c1-25(23,24)17-9-7-15(8-10-17)18(22)19-11-14-12-20-21(13-14)16-5-3-2-4-6-16/h2-10,12-13H,11H2,1H3,(H,19,22). The SMILES string of the molecule is CS(=O)(=O)c1ccc(C(=O)NCc2cnn(-c3ccccc3)c2)cc1. The van der Waals surface area contributed by atoms with Crippen LogP contribution in [0.5, 0.6) is 0 Å². The summed E-state index contributed by atoms with van der Waals surface area (Å²) in [4.78, 5) is 12.4. The number of benzene rings is 2. The number of aromatic nitrogens is 2. The van der Waals surface area contributed by atoms with E-state index in [0.717, 1.165) is 17.5 Å². The molecule has 0 saturated heterocycles. The molecule has 0 aliphatic heterocycles. The summed E-state index contributed by atoms with van der Waals surface area (Å²) >= 11 is 0. The molecule has 1 aromatic heterocycles. The fraction of sp³-hybridized carbons (Fsp3) is 0.111. The summed E-state index contributed by atoms with van der Waals surface area (Å²) < 4.78 is 24.6. The van der Waals surface area contributed by atoms with Gasteiger partial charge in [0.05, 0.1) is 16.8 Å². The average Bonchev–Trinajstić information content (AvgIpc) is 3.09. The number of carbonyl (C=O) groups is 1. The van der Waals surface area contributed by atoms with Gasteiger partial charge in [0.2, 0.25) is 0 Å². The van der Waals surface area contributed by atoms with Crippen molar-refractivity contribution in [2.45, 2.75) is 11.4 Å². The van der Waals surface area contributed by atoms with Crippen molar-refractivity contribution in [2.75, 3.05) is 6.26 Å². The number of rotatable bonds is 5. The van der Waals surface area contributed by atoms with Gasteiger partial charge in [0.25, 0.3) is 5.91 Å². The van der Waals surface area contributed by atoms with Gasteiger partial charge in [-0.1, -0.05) is 18.2 Å². The molecule has 0 aliphatic carbocycles. The maximum Gasteiger partial charge on any atom is 0.251 e. The van der Waals surface area contributed by atoms with E-state index in [1.165, 1.54) is 24.3 Å². The number of sulfone groups is 1. The second kappa shape index (κ2) is 6.90. The Morgan fingerprint density at radius 2 is 1.76 bits per heavy atom. The Labute approximate surface area is 146 Å². The maximum atomic E-state index is 12.2. The van der Waals surface area contributed by atoms with Crippen molar-refractivity contribution in [2.24, 2.45) is 0 Å². The number of nitrogens with zero attached hydrogens (tertiary/aromatic N) is 2. The Hall–Kier alpha value is -2.93. The number of hydrogen-bond donors (Lipinski definition) is 1. The lowest BCUT2D eigenvalue weighted by Gasteiger charge is -2.05. The van der Waals surface area contributed by atoms with Crippen molar-refractivity contribution in [3.63, 3.8) is 0 Å². The van der Waals surface area contributed by atoms with Crippen LogP contribution in [0.1, 0.15) is 15.9 Å². The van der Waals surface area contributed by atoms with E-state index in [0.29, 0.717) is 12.1 Å². The van der Waals surface area contributed by atoms with Crippen LogP contribution >= 0.6 is 0 Å². The van der Waals surface area contributed by atoms with Gasteiger partial charge in [-0.2, -0.15) is 5.10 Å². The fourth-order valence-electron chi connectivity index (χ4n) is 2.31. The highest BCUT2D eigenvalue weighted by Crippen LogP contribution is 2.11. The van der Waals surface area contributed by atoms with Crippen molar-refractivity contribution in [3.05, 3.63) is 78.1 Å². The van der Waals surface area contributed by atoms with Crippen LogP contribution in [0.2, 0.25) is 0 Å². The predicted octanol–water partition coefficient (Wildman–Crippen LogP) is 2.21. The summed E-state index contributed by atoms with van der Waals surface area (Å²) in [7, 11) is -3.27. The molecule has 7 heteroatoms. The molecule has 1 amide bonds. The summed E-state index contributed by atoms with van der Waals surface area (Å²) in [6.45, 7) is 0.333. The smallest absolute Gasteiger partial charge is 0.251 e. The first-order chi connectivity index (χ1) is 11.9. The number of para-hydroxylation sites is 1. The van der Waals surface area contributed by atoms with E-state index in [9.17, 15) is 13.2 Å². The first-order valence-electron chi connectivity index (χ1n) is 7.61. The van der Waals surface area contributed by atoms with E-state index >= 15 is 0 Å². The van der Waals surface area contributed by atoms with E-state index in [-0.39, 0.29) is 10.8 Å². The molecule has 0 radical (unpaired) electrons. The minimum atomic E-state index is -3.27. The molecule has 0 atom stereocenters. The van der Waals surface area contributed by atoms with Crippen LogP contribution in [0.3, 0.4) is 0 Å². The molecule has 0 aliphatic rings. The Morgan fingerprint density at radius 3 is 2.40 bits per heavy atom. The average molecular weight is 355 g/mol. The molecule has 0 unspecified atom stereocenters. The summed E-state index contributed by atoms with van der Waals surface area (Å²) in [5.41, 5.74) is 2.21. The van der Waals surface area contributed by atoms with Gasteiger partial charge < -0.3 is 5.32 Å². The monoisotopic (exact) mass is 355 g/mol. The van der Waals surface area contributed by atoms with Crippen molar-refractivity contribution in [1.82, 2.24) is 15.1 Å². The third kappa shape index (κ3) is 4.13. The molecule has 0 bridgehead atoms. The Bertz CT molecular complexity index is 978. The van der Waals surface area contributed by atoms with E-state index in [2.05, 4.69) is 10.4 Å². The summed E-state index contributed by atoms with van der Waals surface area (Å²) in [6, 6.07) is 15.5. The van der Waals surface area contributed by atoms with Crippen LogP contribution in [0.25, 0.3) is 5.69 Å². The fourth-order valence-corrected chi connectivity index (χ4v) is 2.94. The van der Waals surface area contributed by atoms with Crippen molar-refractivity contribution in [1.29, 1.82) is 0 Å². The molecule has 3 aromatic rings. The Balaban J connectivity index is 1.64. The lowest BCUT2D eigenvalue weighted by Crippen LogP contribution is -2.22. The maximum absolute atomic E-state index is 12.2. The minimum Gasteiger partial charge on any atom is -0.348 e. The molecule has 6 nitrogen and oxygen atoms in total. The second-order valence-electron chi connectivity index (χ2n) is 5.61. The van der Waals surface area contributed by atoms with Gasteiger partial charge in [0, 0.05) is 30.1 Å². The van der Waals surface area contributed by atoms with E-state index in [4.69, 9.17) is 0 Å². The second-order valence-corrected chi connectivity index (χ2v) is 7.62. The van der Waals surface area contributed by atoms with Gasteiger partial charge in [0.1, 0.15) is 0 Å². The molecule has 128 valence electrons. The number of nitrogens with one attached hydrogen (secondary N) is 1. The van der Waals surface area contributed by atoms with Crippen molar-refractivity contribution >= 4 is 15.7 Å². The zero-order chi connectivity index (χ0) is 17.9. The highest BCUT2D eigenvalue weighted by Gasteiger charge is 2.10. The highest BCUT2D eigenvalue weighted by atomic mass is 32.2. The molecule has 1 N–H and O–H groups in total. The van der Waals surface area contributed by atoms with Crippen molar-refractivity contribution < 1.29 is 13.2 Å². The molecular formula is C18H17N3O3S. The summed E-state index contributed by atoms with van der Waals surface area (Å²) in [6.07, 6.45) is 4.68. The Morgan fingerprint density at radius 1 is 1.08 bits per heavy atom. The van der Waals surface area contributed by atoms with Gasteiger partial charge in [0.15, 0.2) is 9.84 Å². The summed E-state index contributed by atoms with van der Waals surface area (Å²) in [5.74, 6) is -0.271. The van der Waals surface area contributed by atoms with Crippen LogP contribution in [-0.2, 0) is 16.4 Å². The van der Waals surface area contributed by atoms with Gasteiger partial charge in [-0.15, -0.1) is 0 Å². The van der Waals surface area contributed by atoms with Gasteiger partial charge in [-0.05, 0) is 36.4 Å². The number of amides is 1. The zero-order valence-electron chi connectivity index (χ0n) is 13.6. The number of carbonyl (C=O) groups excluding carboxylic acids is 1. The topological polar surface area (TPSA) is 81.1 Å². The predicted molar refractivity (Wildman–Crippen MR) is 94.3 cm³/mol. The molecule has 1 heterocycles. The summed E-state index contributed by atoms with van der Waals surface area (Å²) in [5, 5.41) is 7.07. The van der Waals surface area contributed by atoms with E-state index in [1.807, 2.05) is 36.5 Å². The minimum absolute atomic E-state index is 0.188. The third-order valence-electron chi connectivity index (χ3n) is 3.65. The van der Waals surface area contributed by atoms with Crippen LogP contribution < -0.4 is 5.32 Å². The Kier molecular flexibility index (Phi) is 4.67. The molecule has 0 spiro atoms. The normalized spacial score (nSPS) is 11.2. The number of hydrogen-bond acceptors (Lipinski definition) is 4. The zero-order valence-corrected chi connectivity index (χ0v) is 14.4. The highest BCUT2D eigenvalue weighted by molar-refractivity contribution is 7.90. The first kappa shape index (κ1) is 16.9. The van der Waals surface area contributed by atoms with Gasteiger partial charge >= 0.3 is 0 Å².